The molecule has 0 aliphatic carbocycles. The second-order valence-corrected chi connectivity index (χ2v) is 7.16. The van der Waals surface area contributed by atoms with Gasteiger partial charge in [-0.25, -0.2) is 18.9 Å². The van der Waals surface area contributed by atoms with Gasteiger partial charge in [-0.15, -0.1) is 5.10 Å². The van der Waals surface area contributed by atoms with Crippen molar-refractivity contribution in [3.05, 3.63) is 41.7 Å². The Morgan fingerprint density at radius 2 is 1.67 bits per heavy atom. The molecule has 2 heterocycles. The van der Waals surface area contributed by atoms with Crippen LogP contribution in [0.1, 0.15) is 11.1 Å². The average Bonchev–Trinajstić information content (AvgIpc) is 3.16. The number of carbonyl (C=O) groups excluding carboxylic acids is 1. The first kappa shape index (κ1) is 24.0. The number of likely N-dealkylation sites (tertiary alicyclic amines) is 1. The highest BCUT2D eigenvalue weighted by Crippen LogP contribution is 2.38. The Balaban J connectivity index is 1.72. The molecule has 0 spiro atoms. The molecule has 1 fully saturated rings. The number of carbonyl (C=O) groups is 2. The molecular weight excluding hydrogens is 467 g/mol. The number of nitrogens with zero attached hydrogens (tertiary/aromatic N) is 4. The molecule has 2 N–H and O–H groups in total. The smallest absolute Gasteiger partial charge is 0.416 e. The molecule has 1 aliphatic heterocycles. The van der Waals surface area contributed by atoms with Gasteiger partial charge in [0.05, 0.1) is 30.8 Å². The van der Waals surface area contributed by atoms with Crippen LogP contribution in [0.15, 0.2) is 30.6 Å². The van der Waals surface area contributed by atoms with Crippen molar-refractivity contribution in [2.24, 2.45) is 0 Å². The number of amides is 2. The number of aromatic nitrogens is 3. The van der Waals surface area contributed by atoms with Crippen LogP contribution in [0.25, 0.3) is 17.6 Å². The van der Waals surface area contributed by atoms with Crippen LogP contribution in [0.5, 0.6) is 0 Å². The van der Waals surface area contributed by atoms with E-state index >= 15 is 0 Å². The predicted molar refractivity (Wildman–Crippen MR) is 97.2 cm³/mol. The number of carboxylic acid groups (broad SMARTS) is 1. The highest BCUT2D eigenvalue weighted by molar-refractivity contribution is 5.91. The predicted octanol–water partition coefficient (Wildman–Crippen LogP) is 3.27. The number of rotatable bonds is 5. The molecule has 0 atom stereocenters. The Labute approximate surface area is 180 Å². The van der Waals surface area contributed by atoms with Crippen LogP contribution in [0.4, 0.5) is 35.5 Å². The summed E-state index contributed by atoms with van der Waals surface area (Å²) in [6.07, 6.45) is -8.55. The molecule has 15 heteroatoms. The Morgan fingerprint density at radius 3 is 2.18 bits per heavy atom. The maximum Gasteiger partial charge on any atom is 0.416 e. The molecule has 1 saturated heterocycles. The lowest BCUT2D eigenvalue weighted by Gasteiger charge is -2.43. The zero-order valence-electron chi connectivity index (χ0n) is 16.3. The number of halogens is 7. The van der Waals surface area contributed by atoms with Crippen molar-refractivity contribution in [2.75, 3.05) is 19.6 Å². The first-order valence-corrected chi connectivity index (χ1v) is 9.00. The van der Waals surface area contributed by atoms with Crippen LogP contribution >= 0.6 is 0 Å². The maximum atomic E-state index is 14.1. The van der Waals surface area contributed by atoms with Crippen molar-refractivity contribution < 1.29 is 45.4 Å². The normalized spacial score (nSPS) is 16.0. The van der Waals surface area contributed by atoms with Gasteiger partial charge in [-0.05, 0) is 18.2 Å². The van der Waals surface area contributed by atoms with E-state index in [2.05, 4.69) is 10.1 Å². The molecule has 2 amide bonds. The van der Waals surface area contributed by atoms with Gasteiger partial charge in [0.1, 0.15) is 6.33 Å². The quantitative estimate of drug-likeness (QED) is 0.505. The van der Waals surface area contributed by atoms with E-state index in [9.17, 15) is 40.3 Å². The van der Waals surface area contributed by atoms with Crippen LogP contribution in [0.3, 0.4) is 0 Å². The zero-order chi connectivity index (χ0) is 24.6. The summed E-state index contributed by atoms with van der Waals surface area (Å²) in [5.74, 6) is -1.12. The molecule has 0 unspecified atom stereocenters. The molecule has 2 aromatic rings. The summed E-state index contributed by atoms with van der Waals surface area (Å²) in [6, 6.07) is 0.911. The Bertz CT molecular complexity index is 1060. The first-order chi connectivity index (χ1) is 15.2. The van der Waals surface area contributed by atoms with Crippen LogP contribution in [-0.4, -0.2) is 62.1 Å². The molecule has 0 radical (unpaired) electrons. The standard InChI is InChI=1S/C18H14F7N5O3/c19-16(6-26-15(32)33)7-29(8-16)13(31)1-2-30-9-27-14(28-30)10-3-11(17(20,21)22)5-12(4-10)18(23,24)25/h1-5,9,26H,6-8H2,(H,32,33). The fourth-order valence-corrected chi connectivity index (χ4v) is 2.95. The van der Waals surface area contributed by atoms with Crippen molar-refractivity contribution in [1.29, 1.82) is 0 Å². The lowest BCUT2D eigenvalue weighted by Crippen LogP contribution is -2.64. The van der Waals surface area contributed by atoms with Crippen LogP contribution < -0.4 is 5.32 Å². The largest absolute Gasteiger partial charge is 0.465 e. The van der Waals surface area contributed by atoms with E-state index in [4.69, 9.17) is 5.11 Å². The summed E-state index contributed by atoms with van der Waals surface area (Å²) < 4.78 is 93.0. The number of benzene rings is 1. The van der Waals surface area contributed by atoms with E-state index in [1.807, 2.05) is 5.32 Å². The summed E-state index contributed by atoms with van der Waals surface area (Å²) in [4.78, 5) is 27.2. The second kappa shape index (κ2) is 8.37. The van der Waals surface area contributed by atoms with E-state index < -0.39 is 59.1 Å². The highest BCUT2D eigenvalue weighted by Gasteiger charge is 2.45. The van der Waals surface area contributed by atoms with Crippen molar-refractivity contribution in [2.45, 2.75) is 18.0 Å². The van der Waals surface area contributed by atoms with Gasteiger partial charge >= 0.3 is 18.4 Å². The van der Waals surface area contributed by atoms with E-state index in [-0.39, 0.29) is 19.2 Å². The van der Waals surface area contributed by atoms with Crippen molar-refractivity contribution in [3.8, 4) is 11.4 Å². The second-order valence-electron chi connectivity index (χ2n) is 7.16. The number of hydrogen-bond donors (Lipinski definition) is 2. The van der Waals surface area contributed by atoms with Gasteiger partial charge in [-0.2, -0.15) is 26.3 Å². The number of alkyl halides is 7. The highest BCUT2D eigenvalue weighted by atomic mass is 19.4. The third-order valence-electron chi connectivity index (χ3n) is 4.54. The molecule has 1 aromatic heterocycles. The summed E-state index contributed by atoms with van der Waals surface area (Å²) >= 11 is 0. The molecule has 1 aliphatic rings. The van der Waals surface area contributed by atoms with Crippen molar-refractivity contribution >= 4 is 18.2 Å². The van der Waals surface area contributed by atoms with Gasteiger partial charge in [-0.1, -0.05) is 0 Å². The summed E-state index contributed by atoms with van der Waals surface area (Å²) in [5.41, 5.74) is -5.51. The number of hydrogen-bond acceptors (Lipinski definition) is 4. The SMILES string of the molecule is O=C(O)NCC1(F)CN(C(=O)C=Cn2cnc(-c3cc(C(F)(F)F)cc(C(F)(F)F)c3)n2)C1. The Morgan fingerprint density at radius 1 is 1.09 bits per heavy atom. The minimum Gasteiger partial charge on any atom is -0.465 e. The van der Waals surface area contributed by atoms with Crippen molar-refractivity contribution in [1.82, 2.24) is 25.0 Å². The molecule has 33 heavy (non-hydrogen) atoms. The fourth-order valence-electron chi connectivity index (χ4n) is 2.95. The fraction of sp³-hybridized carbons (Fsp3) is 0.333. The molecule has 8 nitrogen and oxygen atoms in total. The maximum absolute atomic E-state index is 14.1. The molecule has 1 aromatic carbocycles. The van der Waals surface area contributed by atoms with Gasteiger partial charge in [0, 0.05) is 17.8 Å². The van der Waals surface area contributed by atoms with Crippen LogP contribution in [-0.2, 0) is 17.1 Å². The zero-order valence-corrected chi connectivity index (χ0v) is 16.3. The van der Waals surface area contributed by atoms with E-state index in [0.717, 1.165) is 28.2 Å². The van der Waals surface area contributed by atoms with E-state index in [1.165, 1.54) is 0 Å². The van der Waals surface area contributed by atoms with E-state index in [1.54, 1.807) is 0 Å². The molecule has 3 rings (SSSR count). The van der Waals surface area contributed by atoms with Gasteiger partial charge in [-0.3, -0.25) is 4.79 Å². The topological polar surface area (TPSA) is 100 Å². The summed E-state index contributed by atoms with van der Waals surface area (Å²) in [5, 5.41) is 14.1. The van der Waals surface area contributed by atoms with Crippen LogP contribution in [0.2, 0.25) is 0 Å². The minimum absolute atomic E-state index is 0.0248. The minimum atomic E-state index is -5.03. The van der Waals surface area contributed by atoms with Gasteiger partial charge in [0.25, 0.3) is 0 Å². The first-order valence-electron chi connectivity index (χ1n) is 9.00. The molecule has 0 bridgehead atoms. The van der Waals surface area contributed by atoms with Gasteiger partial charge < -0.3 is 15.3 Å². The summed E-state index contributed by atoms with van der Waals surface area (Å²) in [6.45, 7) is -1.24. The lowest BCUT2D eigenvalue weighted by molar-refractivity contribution is -0.143. The molecule has 178 valence electrons. The average molecular weight is 481 g/mol. The van der Waals surface area contributed by atoms with E-state index in [0.29, 0.717) is 12.1 Å². The van der Waals surface area contributed by atoms with Gasteiger partial charge in [0.2, 0.25) is 5.91 Å². The monoisotopic (exact) mass is 481 g/mol. The van der Waals surface area contributed by atoms with Crippen LogP contribution in [0, 0.1) is 0 Å². The Hall–Kier alpha value is -3.65. The summed E-state index contributed by atoms with van der Waals surface area (Å²) in [7, 11) is 0. The Kier molecular flexibility index (Phi) is 6.08. The third kappa shape index (κ3) is 5.78. The lowest BCUT2D eigenvalue weighted by atomic mass is 9.96. The third-order valence-corrected chi connectivity index (χ3v) is 4.54. The number of nitrogens with one attached hydrogen (secondary N) is 1. The van der Waals surface area contributed by atoms with Crippen molar-refractivity contribution in [3.63, 3.8) is 0 Å². The van der Waals surface area contributed by atoms with Gasteiger partial charge in [0.15, 0.2) is 11.5 Å². The molecular formula is C18H14F7N5O3. The molecule has 0 saturated carbocycles.